The van der Waals surface area contributed by atoms with Crippen LogP contribution in [0.2, 0.25) is 0 Å². The van der Waals surface area contributed by atoms with Gasteiger partial charge in [-0.1, -0.05) is 115 Å². The summed E-state index contributed by atoms with van der Waals surface area (Å²) in [6.07, 6.45) is 19.6. The third-order valence-electron chi connectivity index (χ3n) is 4.17. The van der Waals surface area contributed by atoms with Crippen LogP contribution in [0.5, 0.6) is 0 Å². The highest BCUT2D eigenvalue weighted by atomic mass is 79.9. The number of hydrogen-bond acceptors (Lipinski definition) is 2. The van der Waals surface area contributed by atoms with Crippen molar-refractivity contribution in [3.8, 4) is 0 Å². The molecule has 0 bridgehead atoms. The van der Waals surface area contributed by atoms with Crippen molar-refractivity contribution in [2.24, 2.45) is 0 Å². The topological polar surface area (TPSA) is 26.3 Å². The first-order valence-electron chi connectivity index (χ1n) is 9.63. The quantitative estimate of drug-likeness (QED) is 0.0834. The zero-order valence-electron chi connectivity index (χ0n) is 15.5. The van der Waals surface area contributed by atoms with Gasteiger partial charge in [-0.15, -0.1) is 0 Å². The molecule has 0 spiro atoms. The lowest BCUT2D eigenvalue weighted by Gasteiger charge is -2.13. The highest BCUT2D eigenvalue weighted by molar-refractivity contribution is 9.26. The maximum atomic E-state index is 10.8. The molecule has 142 valence electrons. The molecule has 0 saturated heterocycles. The molecule has 0 saturated carbocycles. The van der Waals surface area contributed by atoms with Crippen molar-refractivity contribution in [1.29, 1.82) is 0 Å². The van der Waals surface area contributed by atoms with Gasteiger partial charge >= 0.3 is 5.97 Å². The molecular formula is C19H36Br2O2Si. The second-order valence-electron chi connectivity index (χ2n) is 6.79. The number of carbonyl (C=O) groups is 1. The Morgan fingerprint density at radius 3 is 1.58 bits per heavy atom. The molecule has 0 N–H and O–H groups in total. The molecule has 0 heterocycles. The van der Waals surface area contributed by atoms with E-state index in [1.807, 2.05) is 0 Å². The van der Waals surface area contributed by atoms with Gasteiger partial charge in [-0.05, 0) is 12.8 Å². The molecule has 0 aliphatic rings. The van der Waals surface area contributed by atoms with Crippen LogP contribution in [0.25, 0.3) is 0 Å². The Hall–Kier alpha value is 0.387. The first-order valence-corrected chi connectivity index (χ1v) is 12.2. The summed E-state index contributed by atoms with van der Waals surface area (Å²) >= 11 is 7.37. The van der Waals surface area contributed by atoms with Crippen molar-refractivity contribution >= 4 is 48.1 Å². The van der Waals surface area contributed by atoms with Crippen LogP contribution in [0.15, 0.2) is 12.7 Å². The molecule has 0 rings (SSSR count). The molecule has 0 aromatic carbocycles. The highest BCUT2D eigenvalue weighted by Crippen LogP contribution is 2.28. The lowest BCUT2D eigenvalue weighted by molar-refractivity contribution is -0.137. The van der Waals surface area contributed by atoms with Crippen LogP contribution >= 0.6 is 31.9 Å². The van der Waals surface area contributed by atoms with E-state index in [1.165, 1.54) is 83.1 Å². The normalized spacial score (nSPS) is 11.6. The van der Waals surface area contributed by atoms with Crippen molar-refractivity contribution in [2.75, 3.05) is 6.61 Å². The third-order valence-corrected chi connectivity index (χ3v) is 5.46. The van der Waals surface area contributed by atoms with Crippen LogP contribution in [-0.2, 0) is 9.53 Å². The standard InChI is InChI=1S/C19H36Br2O2Si/c1-2-18(22)23-17-15-13-11-9-7-5-3-4-6-8-10-12-14-16-19(20,21)24/h2H,1,3-17H2,24H3. The minimum absolute atomic E-state index is 0.274. The van der Waals surface area contributed by atoms with Gasteiger partial charge in [0.05, 0.1) is 9.46 Å². The summed E-state index contributed by atoms with van der Waals surface area (Å²) in [6, 6.07) is 0. The van der Waals surface area contributed by atoms with E-state index in [0.717, 1.165) is 23.1 Å². The third kappa shape index (κ3) is 20.4. The summed E-state index contributed by atoms with van der Waals surface area (Å²) in [5, 5.41) is 0. The zero-order chi connectivity index (χ0) is 18.1. The van der Waals surface area contributed by atoms with Crippen molar-refractivity contribution in [1.82, 2.24) is 0 Å². The fraction of sp³-hybridized carbons (Fsp3) is 0.842. The maximum Gasteiger partial charge on any atom is 0.330 e. The van der Waals surface area contributed by atoms with E-state index in [1.54, 1.807) is 0 Å². The number of ether oxygens (including phenoxy) is 1. The maximum absolute atomic E-state index is 10.8. The number of hydrogen-bond donors (Lipinski definition) is 0. The van der Waals surface area contributed by atoms with Crippen LogP contribution in [0.1, 0.15) is 89.9 Å². The Labute approximate surface area is 169 Å². The van der Waals surface area contributed by atoms with E-state index in [9.17, 15) is 4.79 Å². The summed E-state index contributed by atoms with van der Waals surface area (Å²) in [5.41, 5.74) is 0. The highest BCUT2D eigenvalue weighted by Gasteiger charge is 2.13. The number of halogens is 2. The molecule has 0 unspecified atom stereocenters. The summed E-state index contributed by atoms with van der Waals surface area (Å²) in [5.74, 6) is -0.304. The van der Waals surface area contributed by atoms with Gasteiger partial charge < -0.3 is 4.74 Å². The molecule has 0 amide bonds. The number of rotatable bonds is 17. The Bertz CT molecular complexity index is 317. The van der Waals surface area contributed by atoms with Gasteiger partial charge in [-0.3, -0.25) is 0 Å². The first kappa shape index (κ1) is 24.4. The average Bonchev–Trinajstić information content (AvgIpc) is 2.53. The van der Waals surface area contributed by atoms with Crippen LogP contribution in [0.4, 0.5) is 0 Å². The molecule has 0 radical (unpaired) electrons. The molecule has 0 atom stereocenters. The molecule has 0 aliphatic heterocycles. The minimum Gasteiger partial charge on any atom is -0.463 e. The lowest BCUT2D eigenvalue weighted by atomic mass is 10.0. The molecule has 5 heteroatoms. The van der Waals surface area contributed by atoms with Gasteiger partial charge in [0.25, 0.3) is 0 Å². The number of carbonyl (C=O) groups excluding carboxylic acids is 1. The Morgan fingerprint density at radius 2 is 1.21 bits per heavy atom. The van der Waals surface area contributed by atoms with E-state index >= 15 is 0 Å². The van der Waals surface area contributed by atoms with Crippen LogP contribution in [0.3, 0.4) is 0 Å². The molecular weight excluding hydrogens is 448 g/mol. The Balaban J connectivity index is 3.08. The van der Waals surface area contributed by atoms with Crippen molar-refractivity contribution in [3.63, 3.8) is 0 Å². The first-order chi connectivity index (χ1) is 11.5. The fourth-order valence-electron chi connectivity index (χ4n) is 2.71. The molecule has 0 aromatic rings. The lowest BCUT2D eigenvalue weighted by Crippen LogP contribution is -2.09. The largest absolute Gasteiger partial charge is 0.463 e. The molecule has 0 aromatic heterocycles. The second kappa shape index (κ2) is 16.8. The van der Waals surface area contributed by atoms with Crippen molar-refractivity contribution < 1.29 is 9.53 Å². The molecule has 0 fully saturated rings. The Morgan fingerprint density at radius 1 is 0.833 bits per heavy atom. The van der Waals surface area contributed by atoms with E-state index < -0.39 is 0 Å². The summed E-state index contributed by atoms with van der Waals surface area (Å²) in [7, 11) is 1.16. The van der Waals surface area contributed by atoms with Gasteiger partial charge in [0.1, 0.15) is 0 Å². The van der Waals surface area contributed by atoms with Crippen LogP contribution in [-0.4, -0.2) is 25.7 Å². The summed E-state index contributed by atoms with van der Waals surface area (Å²) in [4.78, 5) is 10.8. The smallest absolute Gasteiger partial charge is 0.330 e. The number of esters is 1. The van der Waals surface area contributed by atoms with Crippen LogP contribution in [0, 0.1) is 0 Å². The van der Waals surface area contributed by atoms with Gasteiger partial charge in [-0.2, -0.15) is 0 Å². The molecule has 24 heavy (non-hydrogen) atoms. The van der Waals surface area contributed by atoms with Crippen LogP contribution < -0.4 is 0 Å². The fourth-order valence-corrected chi connectivity index (χ4v) is 3.63. The summed E-state index contributed by atoms with van der Waals surface area (Å²) in [6.45, 7) is 3.92. The van der Waals surface area contributed by atoms with Gasteiger partial charge in [-0.25, -0.2) is 4.79 Å². The second-order valence-corrected chi connectivity index (χ2v) is 16.0. The van der Waals surface area contributed by atoms with Gasteiger partial charge in [0.2, 0.25) is 0 Å². The monoisotopic (exact) mass is 482 g/mol. The van der Waals surface area contributed by atoms with Crippen molar-refractivity contribution in [3.05, 3.63) is 12.7 Å². The predicted octanol–water partition coefficient (Wildman–Crippen LogP) is 5.99. The molecule has 0 aliphatic carbocycles. The Kier molecular flexibility index (Phi) is 17.1. The van der Waals surface area contributed by atoms with E-state index in [4.69, 9.17) is 4.74 Å². The predicted molar refractivity (Wildman–Crippen MR) is 116 cm³/mol. The summed E-state index contributed by atoms with van der Waals surface area (Å²) < 4.78 is 5.23. The van der Waals surface area contributed by atoms with Gasteiger partial charge in [0.15, 0.2) is 0 Å². The number of alkyl halides is 2. The van der Waals surface area contributed by atoms with E-state index in [-0.39, 0.29) is 8.83 Å². The molecule has 2 nitrogen and oxygen atoms in total. The average molecular weight is 484 g/mol. The SMILES string of the molecule is C=CC(=O)OCCCCCCCCCCCCCCCC([SiH3])(Br)Br. The number of unbranched alkanes of at least 4 members (excludes halogenated alkanes) is 12. The van der Waals surface area contributed by atoms with Gasteiger partial charge in [0, 0.05) is 16.3 Å². The zero-order valence-corrected chi connectivity index (χ0v) is 20.6. The van der Waals surface area contributed by atoms with E-state index in [2.05, 4.69) is 38.4 Å². The van der Waals surface area contributed by atoms with Crippen molar-refractivity contribution in [2.45, 2.75) is 92.7 Å². The minimum atomic E-state index is -0.304. The van der Waals surface area contributed by atoms with E-state index in [0.29, 0.717) is 6.61 Å².